The van der Waals surface area contributed by atoms with Crippen molar-refractivity contribution >= 4 is 23.5 Å². The van der Waals surface area contributed by atoms with Gasteiger partial charge in [0.1, 0.15) is 5.75 Å². The van der Waals surface area contributed by atoms with Crippen LogP contribution in [0.25, 0.3) is 0 Å². The molecule has 0 saturated heterocycles. The van der Waals surface area contributed by atoms with E-state index < -0.39 is 12.0 Å². The highest BCUT2D eigenvalue weighted by Gasteiger charge is 2.30. The minimum Gasteiger partial charge on any atom is -0.490 e. The molecule has 1 heterocycles. The van der Waals surface area contributed by atoms with Gasteiger partial charge in [0.05, 0.1) is 36.0 Å². The zero-order valence-corrected chi connectivity index (χ0v) is 27.7. The fraction of sp³-hybridized carbons (Fsp3) is 0.432. The van der Waals surface area contributed by atoms with E-state index in [-0.39, 0.29) is 42.1 Å². The third-order valence-corrected chi connectivity index (χ3v) is 8.49. The van der Waals surface area contributed by atoms with Crippen LogP contribution in [0, 0.1) is 5.92 Å². The Morgan fingerprint density at radius 2 is 1.74 bits per heavy atom. The normalized spacial score (nSPS) is 20.1. The van der Waals surface area contributed by atoms with Gasteiger partial charge in [-0.15, -0.1) is 0 Å². The van der Waals surface area contributed by atoms with Crippen LogP contribution < -0.4 is 10.1 Å². The van der Waals surface area contributed by atoms with Gasteiger partial charge in [-0.2, -0.15) is 0 Å². The first-order valence-corrected chi connectivity index (χ1v) is 16.3. The van der Waals surface area contributed by atoms with E-state index >= 15 is 0 Å². The molecular weight excluding hydrogens is 598 g/mol. The van der Waals surface area contributed by atoms with Crippen LogP contribution in [0.5, 0.6) is 5.75 Å². The summed E-state index contributed by atoms with van der Waals surface area (Å²) in [6.07, 6.45) is 2.13. The minimum atomic E-state index is -0.959. The summed E-state index contributed by atoms with van der Waals surface area (Å²) in [5.41, 5.74) is 2.51. The van der Waals surface area contributed by atoms with Gasteiger partial charge in [0.2, 0.25) is 0 Å². The summed E-state index contributed by atoms with van der Waals surface area (Å²) in [5, 5.41) is 22.4. The Bertz CT molecular complexity index is 1480. The Morgan fingerprint density at radius 3 is 2.43 bits per heavy atom. The lowest BCUT2D eigenvalue weighted by atomic mass is 10.0. The number of carboxylic acids is 1. The van der Waals surface area contributed by atoms with E-state index in [9.17, 15) is 24.6 Å². The van der Waals surface area contributed by atoms with Crippen molar-refractivity contribution in [3.63, 3.8) is 0 Å². The number of nitrogens with one attached hydrogen (secondary N) is 1. The summed E-state index contributed by atoms with van der Waals surface area (Å²) in [5.74, 6) is -1.22. The second-order valence-electron chi connectivity index (χ2n) is 12.5. The molecule has 1 aliphatic rings. The number of anilines is 1. The highest BCUT2D eigenvalue weighted by molar-refractivity contribution is 6.05. The lowest BCUT2D eigenvalue weighted by molar-refractivity contribution is -0.0177. The van der Waals surface area contributed by atoms with Crippen LogP contribution in [0.4, 0.5) is 5.69 Å². The van der Waals surface area contributed by atoms with Crippen LogP contribution >= 0.6 is 0 Å². The van der Waals surface area contributed by atoms with Crippen LogP contribution in [0.2, 0.25) is 0 Å². The summed E-state index contributed by atoms with van der Waals surface area (Å²) >= 11 is 0. The maximum atomic E-state index is 14.3. The number of carbonyl (C=O) groups excluding carboxylic acids is 2. The molecule has 3 aromatic carbocycles. The van der Waals surface area contributed by atoms with Gasteiger partial charge in [-0.1, -0.05) is 37.3 Å². The first kappa shape index (κ1) is 35.6. The predicted molar refractivity (Wildman–Crippen MR) is 181 cm³/mol. The first-order valence-electron chi connectivity index (χ1n) is 16.3. The number of carbonyl (C=O) groups is 3. The molecule has 0 unspecified atom stereocenters. The van der Waals surface area contributed by atoms with Crippen LogP contribution in [0.15, 0.2) is 72.8 Å². The lowest BCUT2D eigenvalue weighted by Crippen LogP contribution is -2.47. The summed E-state index contributed by atoms with van der Waals surface area (Å²) in [6.45, 7) is 7.67. The molecule has 1 aliphatic heterocycles. The fourth-order valence-electron chi connectivity index (χ4n) is 5.69. The first-order chi connectivity index (χ1) is 22.5. The van der Waals surface area contributed by atoms with Crippen molar-refractivity contribution in [3.05, 3.63) is 95.1 Å². The van der Waals surface area contributed by atoms with Gasteiger partial charge >= 0.3 is 5.97 Å². The quantitative estimate of drug-likeness (QED) is 0.276. The molecule has 252 valence electrons. The molecule has 10 nitrogen and oxygen atoms in total. The molecule has 0 bridgehead atoms. The molecule has 0 aromatic heterocycles. The Labute approximate surface area is 277 Å². The maximum absolute atomic E-state index is 14.3. The number of amides is 2. The van der Waals surface area contributed by atoms with E-state index in [4.69, 9.17) is 9.47 Å². The van der Waals surface area contributed by atoms with E-state index in [2.05, 4.69) is 10.2 Å². The van der Waals surface area contributed by atoms with E-state index in [1.807, 2.05) is 39.1 Å². The van der Waals surface area contributed by atoms with Crippen LogP contribution in [-0.4, -0.2) is 89.4 Å². The number of aromatic carboxylic acids is 1. The van der Waals surface area contributed by atoms with E-state index in [0.29, 0.717) is 48.8 Å². The van der Waals surface area contributed by atoms with Gasteiger partial charge in [-0.05, 0) is 88.2 Å². The molecule has 3 aromatic rings. The zero-order chi connectivity index (χ0) is 33.9. The smallest absolute Gasteiger partial charge is 0.335 e. The number of fused-ring (bicyclic) bond motifs is 1. The summed E-state index contributed by atoms with van der Waals surface area (Å²) in [4.78, 5) is 42.3. The van der Waals surface area contributed by atoms with Gasteiger partial charge in [0.15, 0.2) is 0 Å². The molecule has 0 spiro atoms. The number of aliphatic hydroxyl groups excluding tert-OH is 1. The number of likely N-dealkylation sites (N-methyl/N-ethyl adjacent to an activating group) is 1. The number of hydrogen-bond acceptors (Lipinski definition) is 7. The van der Waals surface area contributed by atoms with Gasteiger partial charge in [0, 0.05) is 43.4 Å². The number of carboxylic acid groups (broad SMARTS) is 1. The van der Waals surface area contributed by atoms with E-state index in [1.54, 1.807) is 66.4 Å². The maximum Gasteiger partial charge on any atom is 0.335 e. The Hall–Kier alpha value is -4.25. The third kappa shape index (κ3) is 10.1. The number of aliphatic hydroxyl groups is 1. The largest absolute Gasteiger partial charge is 0.490 e. The van der Waals surface area contributed by atoms with Crippen LogP contribution in [-0.2, 0) is 11.3 Å². The van der Waals surface area contributed by atoms with Crippen molar-refractivity contribution < 1.29 is 34.1 Å². The molecule has 0 aliphatic carbocycles. The number of hydrogen-bond donors (Lipinski definition) is 3. The van der Waals surface area contributed by atoms with Gasteiger partial charge in [-0.3, -0.25) is 14.5 Å². The standard InChI is InChI=1S/C37H47N3O7/c1-25-21-40(26(2)24-41)36(43)32-20-31(38-35(42)29-11-6-5-7-12-29)17-18-33(32)47-27(3)10-8-9-19-46-34(25)23-39(4)22-28-13-15-30(16-14-28)37(44)45/h5-7,11-18,20,25-27,34,41H,8-10,19,21-24H2,1-4H3,(H,38,42)(H,44,45)/t25-,26-,27-,34+/m0/s1. The fourth-order valence-corrected chi connectivity index (χ4v) is 5.69. The lowest BCUT2D eigenvalue weighted by Gasteiger charge is -2.36. The number of benzene rings is 3. The number of rotatable bonds is 9. The molecule has 3 N–H and O–H groups in total. The topological polar surface area (TPSA) is 129 Å². The summed E-state index contributed by atoms with van der Waals surface area (Å²) in [7, 11) is 1.99. The molecule has 2 amide bonds. The molecule has 4 atom stereocenters. The second-order valence-corrected chi connectivity index (χ2v) is 12.5. The molecule has 0 fully saturated rings. The van der Waals surface area contributed by atoms with Crippen LogP contribution in [0.1, 0.15) is 76.7 Å². The molecule has 47 heavy (non-hydrogen) atoms. The molecule has 4 rings (SSSR count). The van der Waals surface area contributed by atoms with Crippen molar-refractivity contribution in [2.75, 3.05) is 38.7 Å². The van der Waals surface area contributed by atoms with Crippen molar-refractivity contribution in [2.24, 2.45) is 5.92 Å². The Balaban J connectivity index is 1.59. The Morgan fingerprint density at radius 1 is 1.02 bits per heavy atom. The molecule has 10 heteroatoms. The summed E-state index contributed by atoms with van der Waals surface area (Å²) < 4.78 is 12.7. The van der Waals surface area contributed by atoms with Crippen molar-refractivity contribution in [3.8, 4) is 5.75 Å². The minimum absolute atomic E-state index is 0.100. The highest BCUT2D eigenvalue weighted by Crippen LogP contribution is 2.29. The van der Waals surface area contributed by atoms with E-state index in [1.165, 1.54) is 0 Å². The average molecular weight is 646 g/mol. The third-order valence-electron chi connectivity index (χ3n) is 8.49. The monoisotopic (exact) mass is 645 g/mol. The van der Waals surface area contributed by atoms with Crippen molar-refractivity contribution in [1.82, 2.24) is 9.80 Å². The number of ether oxygens (including phenoxy) is 2. The SMILES string of the molecule is C[C@H]1CCCCO[C@H](CN(C)Cc2ccc(C(=O)O)cc2)[C@@H](C)CN([C@@H](C)CO)C(=O)c2cc(NC(=O)c3ccccc3)ccc2O1. The van der Waals surface area contributed by atoms with Gasteiger partial charge in [-0.25, -0.2) is 4.79 Å². The van der Waals surface area contributed by atoms with Gasteiger partial charge in [0.25, 0.3) is 11.8 Å². The zero-order valence-electron chi connectivity index (χ0n) is 27.7. The van der Waals surface area contributed by atoms with E-state index in [0.717, 1.165) is 24.8 Å². The van der Waals surface area contributed by atoms with Gasteiger partial charge < -0.3 is 29.9 Å². The average Bonchev–Trinajstić information content (AvgIpc) is 3.06. The van der Waals surface area contributed by atoms with Crippen molar-refractivity contribution in [1.29, 1.82) is 0 Å². The highest BCUT2D eigenvalue weighted by atomic mass is 16.5. The molecule has 0 saturated carbocycles. The second kappa shape index (κ2) is 17.1. The van der Waals surface area contributed by atoms with Crippen LogP contribution in [0.3, 0.4) is 0 Å². The molecule has 0 radical (unpaired) electrons. The molecular formula is C37H47N3O7. The summed E-state index contributed by atoms with van der Waals surface area (Å²) in [6, 6.07) is 20.3. The predicted octanol–water partition coefficient (Wildman–Crippen LogP) is 5.56. The number of nitrogens with zero attached hydrogens (tertiary/aromatic N) is 2. The van der Waals surface area contributed by atoms with Crippen molar-refractivity contribution in [2.45, 2.75) is 64.8 Å². The Kier molecular flexibility index (Phi) is 12.9.